The van der Waals surface area contributed by atoms with Gasteiger partial charge in [0.15, 0.2) is 0 Å². The Balaban J connectivity index is 3.48. The predicted octanol–water partition coefficient (Wildman–Crippen LogP) is -1.03. The number of hydrogen-bond acceptors (Lipinski definition) is 5. The lowest BCUT2D eigenvalue weighted by molar-refractivity contribution is -0.387. The van der Waals surface area contributed by atoms with Crippen molar-refractivity contribution in [3.63, 3.8) is 0 Å². The second-order valence-corrected chi connectivity index (χ2v) is 3.51. The molecule has 0 spiro atoms. The van der Waals surface area contributed by atoms with E-state index in [1.165, 1.54) is 7.05 Å². The molecule has 2 N–H and O–H groups in total. The highest BCUT2D eigenvalue weighted by Crippen LogP contribution is 2.00. The predicted molar refractivity (Wildman–Crippen MR) is 60.8 cm³/mol. The molecule has 8 heteroatoms. The van der Waals surface area contributed by atoms with Crippen molar-refractivity contribution in [1.82, 2.24) is 9.13 Å². The first-order valence-electron chi connectivity index (χ1n) is 4.70. The Hall–Kier alpha value is -2.22. The molecule has 1 aromatic heterocycles. The molecule has 1 aromatic rings. The fourth-order valence-corrected chi connectivity index (χ4v) is 1.26. The van der Waals surface area contributed by atoms with E-state index >= 15 is 0 Å². The van der Waals surface area contributed by atoms with Gasteiger partial charge in [-0.2, -0.15) is 0 Å². The quantitative estimate of drug-likeness (QED) is 0.410. The minimum atomic E-state index is -0.951. The van der Waals surface area contributed by atoms with Gasteiger partial charge in [0.2, 0.25) is 0 Å². The van der Waals surface area contributed by atoms with Crippen LogP contribution in [0.1, 0.15) is 0 Å². The summed E-state index contributed by atoms with van der Waals surface area (Å²) >= 11 is 0. The van der Waals surface area contributed by atoms with E-state index < -0.39 is 21.9 Å². The third-order valence-electron chi connectivity index (χ3n) is 2.18. The largest absolute Gasteiger partial charge is 0.350 e. The van der Waals surface area contributed by atoms with Crippen molar-refractivity contribution in [2.45, 2.75) is 6.54 Å². The van der Waals surface area contributed by atoms with Crippen LogP contribution in [0, 0.1) is 10.1 Å². The molecule has 0 unspecified atom stereocenters. The molecule has 0 atom stereocenters. The van der Waals surface area contributed by atoms with Gasteiger partial charge in [-0.3, -0.25) is 24.0 Å². The molecule has 0 aliphatic carbocycles. The van der Waals surface area contributed by atoms with Crippen molar-refractivity contribution in [3.8, 4) is 0 Å². The van der Waals surface area contributed by atoms with Gasteiger partial charge in [0.1, 0.15) is 0 Å². The number of aryl methyl sites for hydroxylation is 1. The third-order valence-corrected chi connectivity index (χ3v) is 2.18. The van der Waals surface area contributed by atoms with Crippen molar-refractivity contribution < 1.29 is 4.92 Å². The van der Waals surface area contributed by atoms with Gasteiger partial charge in [-0.15, -0.1) is 0 Å². The Morgan fingerprint density at radius 1 is 1.59 bits per heavy atom. The number of rotatable bonds is 4. The molecule has 0 fully saturated rings. The Bertz CT molecular complexity index is 584. The average Bonchev–Trinajstić information content (AvgIpc) is 2.28. The maximum Gasteiger partial charge on any atom is 0.350 e. The number of nitro groups is 1. The minimum absolute atomic E-state index is 0.0955. The van der Waals surface area contributed by atoms with E-state index in [2.05, 4.69) is 6.58 Å². The Morgan fingerprint density at radius 2 is 2.18 bits per heavy atom. The van der Waals surface area contributed by atoms with Crippen LogP contribution < -0.4 is 17.0 Å². The molecule has 8 nitrogen and oxygen atoms in total. The van der Waals surface area contributed by atoms with Gasteiger partial charge in [-0.1, -0.05) is 6.58 Å². The highest BCUT2D eigenvalue weighted by atomic mass is 16.6. The summed E-state index contributed by atoms with van der Waals surface area (Å²) in [6.45, 7) is 3.53. The first-order chi connectivity index (χ1) is 7.88. The van der Waals surface area contributed by atoms with Crippen LogP contribution in [0.3, 0.4) is 0 Å². The van der Waals surface area contributed by atoms with Crippen molar-refractivity contribution in [3.05, 3.63) is 49.3 Å². The molecule has 17 heavy (non-hydrogen) atoms. The Kier molecular flexibility index (Phi) is 3.59. The maximum absolute atomic E-state index is 11.7. The monoisotopic (exact) mass is 240 g/mol. The molecule has 0 aliphatic rings. The van der Waals surface area contributed by atoms with E-state index in [0.717, 1.165) is 15.3 Å². The lowest BCUT2D eigenvalue weighted by Gasteiger charge is -2.07. The smallest absolute Gasteiger partial charge is 0.327 e. The van der Waals surface area contributed by atoms with E-state index in [1.807, 2.05) is 0 Å². The first kappa shape index (κ1) is 12.8. The van der Waals surface area contributed by atoms with Gasteiger partial charge in [-0.05, 0) is 5.57 Å². The highest BCUT2D eigenvalue weighted by Gasteiger charge is 2.18. The molecule has 0 amide bonds. The fraction of sp³-hybridized carbons (Fsp3) is 0.333. The summed E-state index contributed by atoms with van der Waals surface area (Å²) in [5, 5.41) is 10.6. The molecule has 0 aliphatic heterocycles. The molecule has 1 rings (SSSR count). The summed E-state index contributed by atoms with van der Waals surface area (Å²) in [6.07, 6.45) is 0.895. The SMILES string of the molecule is C=C(CN)Cn1c(=O)c([N+](=O)[O-])cn(C)c1=O. The first-order valence-corrected chi connectivity index (χ1v) is 4.70. The summed E-state index contributed by atoms with van der Waals surface area (Å²) in [5.74, 6) is 0. The van der Waals surface area contributed by atoms with Gasteiger partial charge in [0.05, 0.1) is 17.7 Å². The normalized spacial score (nSPS) is 10.2. The molecule has 92 valence electrons. The van der Waals surface area contributed by atoms with Crippen LogP contribution in [0.2, 0.25) is 0 Å². The van der Waals surface area contributed by atoms with Gasteiger partial charge in [-0.25, -0.2) is 4.79 Å². The molecule has 0 bridgehead atoms. The molecular weight excluding hydrogens is 228 g/mol. The highest BCUT2D eigenvalue weighted by molar-refractivity contribution is 5.22. The zero-order valence-corrected chi connectivity index (χ0v) is 9.25. The van der Waals surface area contributed by atoms with Crippen LogP contribution >= 0.6 is 0 Å². The zero-order chi connectivity index (χ0) is 13.2. The number of hydrogen-bond donors (Lipinski definition) is 1. The molecule has 1 heterocycles. The molecular formula is C9H12N4O4. The zero-order valence-electron chi connectivity index (χ0n) is 9.25. The Morgan fingerprint density at radius 3 is 2.65 bits per heavy atom. The van der Waals surface area contributed by atoms with Gasteiger partial charge in [0, 0.05) is 13.6 Å². The van der Waals surface area contributed by atoms with Crippen molar-refractivity contribution in [2.24, 2.45) is 12.8 Å². The van der Waals surface area contributed by atoms with E-state index in [9.17, 15) is 19.7 Å². The van der Waals surface area contributed by atoms with Crippen LogP contribution in [0.25, 0.3) is 0 Å². The fourth-order valence-electron chi connectivity index (χ4n) is 1.26. The van der Waals surface area contributed by atoms with E-state index in [0.29, 0.717) is 5.57 Å². The van der Waals surface area contributed by atoms with Crippen LogP contribution in [0.4, 0.5) is 5.69 Å². The van der Waals surface area contributed by atoms with E-state index in [1.54, 1.807) is 0 Å². The van der Waals surface area contributed by atoms with Crippen LogP contribution in [0.5, 0.6) is 0 Å². The van der Waals surface area contributed by atoms with Gasteiger partial charge >= 0.3 is 16.9 Å². The molecule has 0 saturated carbocycles. The number of aromatic nitrogens is 2. The third kappa shape index (κ3) is 2.48. The maximum atomic E-state index is 11.7. The summed E-state index contributed by atoms with van der Waals surface area (Å²) in [5.41, 5.74) is 3.48. The summed E-state index contributed by atoms with van der Waals surface area (Å²) in [4.78, 5) is 33.1. The van der Waals surface area contributed by atoms with Crippen molar-refractivity contribution >= 4 is 5.69 Å². The summed E-state index contributed by atoms with van der Waals surface area (Å²) in [7, 11) is 1.33. The van der Waals surface area contributed by atoms with Crippen molar-refractivity contribution in [1.29, 1.82) is 0 Å². The molecule has 0 radical (unpaired) electrons. The van der Waals surface area contributed by atoms with Crippen molar-refractivity contribution in [2.75, 3.05) is 6.54 Å². The molecule has 0 saturated heterocycles. The second-order valence-electron chi connectivity index (χ2n) is 3.51. The lowest BCUT2D eigenvalue weighted by atomic mass is 10.3. The standard InChI is InChI=1S/C9H12N4O4/c1-6(3-10)4-12-8(14)7(13(16)17)5-11(2)9(12)15/h5H,1,3-4,10H2,2H3. The van der Waals surface area contributed by atoms with Crippen LogP contribution in [0.15, 0.2) is 27.9 Å². The number of nitrogens with zero attached hydrogens (tertiary/aromatic N) is 3. The molecule has 0 aromatic carbocycles. The summed E-state index contributed by atoms with van der Waals surface area (Å²) in [6, 6.07) is 0. The topological polar surface area (TPSA) is 113 Å². The number of nitrogens with two attached hydrogens (primary N) is 1. The van der Waals surface area contributed by atoms with Crippen LogP contribution in [-0.2, 0) is 13.6 Å². The Labute approximate surface area is 95.7 Å². The van der Waals surface area contributed by atoms with E-state index in [-0.39, 0.29) is 13.1 Å². The van der Waals surface area contributed by atoms with E-state index in [4.69, 9.17) is 5.73 Å². The average molecular weight is 240 g/mol. The summed E-state index contributed by atoms with van der Waals surface area (Å²) < 4.78 is 1.72. The van der Waals surface area contributed by atoms with Gasteiger partial charge in [0.25, 0.3) is 0 Å². The minimum Gasteiger partial charge on any atom is -0.327 e. The van der Waals surface area contributed by atoms with Crippen LogP contribution in [-0.4, -0.2) is 20.6 Å². The van der Waals surface area contributed by atoms with Gasteiger partial charge < -0.3 is 5.73 Å². The second kappa shape index (κ2) is 4.74. The lowest BCUT2D eigenvalue weighted by Crippen LogP contribution is -2.40.